The number of aryl methyl sites for hydroxylation is 1. The minimum Gasteiger partial charge on any atom is -0.322 e. The maximum atomic E-state index is 13.4. The zero-order chi connectivity index (χ0) is 21.9. The van der Waals surface area contributed by atoms with E-state index in [2.05, 4.69) is 23.7 Å². The number of nitrogens with one attached hydrogen (secondary N) is 1. The molecule has 0 aromatic heterocycles. The van der Waals surface area contributed by atoms with Gasteiger partial charge in [-0.25, -0.2) is 8.78 Å². The molecule has 0 bridgehead atoms. The van der Waals surface area contributed by atoms with E-state index < -0.39 is 0 Å². The monoisotopic (exact) mass is 405 g/mol. The van der Waals surface area contributed by atoms with E-state index >= 15 is 0 Å². The highest BCUT2D eigenvalue weighted by Gasteiger charge is 2.11. The van der Waals surface area contributed by atoms with Crippen LogP contribution in [0.1, 0.15) is 37.8 Å². The van der Waals surface area contributed by atoms with E-state index in [4.69, 9.17) is 0 Å². The Morgan fingerprint density at radius 1 is 1.10 bits per heavy atom. The molecule has 2 nitrogen and oxygen atoms in total. The first-order valence-corrected chi connectivity index (χ1v) is 9.87. The van der Waals surface area contributed by atoms with Crippen molar-refractivity contribution < 1.29 is 13.6 Å². The van der Waals surface area contributed by atoms with Gasteiger partial charge in [-0.1, -0.05) is 56.9 Å². The van der Waals surface area contributed by atoms with E-state index in [0.29, 0.717) is 35.2 Å². The number of rotatable bonds is 7. The van der Waals surface area contributed by atoms with Crippen molar-refractivity contribution in [2.75, 3.05) is 5.32 Å². The van der Waals surface area contributed by atoms with Crippen LogP contribution in [-0.4, -0.2) is 5.91 Å². The Morgan fingerprint density at radius 3 is 2.53 bits per heavy atom. The number of allylic oxidation sites excluding steroid dienone is 4. The van der Waals surface area contributed by atoms with Crippen LogP contribution in [0.15, 0.2) is 78.4 Å². The van der Waals surface area contributed by atoms with Crippen molar-refractivity contribution in [3.8, 4) is 11.8 Å². The maximum Gasteiger partial charge on any atom is 0.251 e. The average molecular weight is 405 g/mol. The highest BCUT2D eigenvalue weighted by molar-refractivity contribution is 6.04. The van der Waals surface area contributed by atoms with Gasteiger partial charge in [-0.3, -0.25) is 4.79 Å². The lowest BCUT2D eigenvalue weighted by Crippen LogP contribution is -2.15. The Labute approximate surface area is 177 Å². The molecule has 0 spiro atoms. The SMILES string of the molecule is C=CC(C#Cc1cccc(F)c1)=CC=C(CCC)C(=O)Nc1ccc(F)cc1CC. The third-order valence-corrected chi connectivity index (χ3v) is 4.37. The molecule has 0 radical (unpaired) electrons. The normalized spacial score (nSPS) is 11.5. The van der Waals surface area contributed by atoms with Crippen LogP contribution >= 0.6 is 0 Å². The summed E-state index contributed by atoms with van der Waals surface area (Å²) in [5, 5.41) is 2.87. The van der Waals surface area contributed by atoms with Crippen LogP contribution in [0.3, 0.4) is 0 Å². The lowest BCUT2D eigenvalue weighted by atomic mass is 10.1. The maximum absolute atomic E-state index is 13.4. The van der Waals surface area contributed by atoms with E-state index in [0.717, 1.165) is 12.0 Å². The molecule has 0 saturated carbocycles. The first kappa shape index (κ1) is 22.8. The van der Waals surface area contributed by atoms with E-state index in [1.165, 1.54) is 24.3 Å². The molecule has 1 amide bonds. The largest absolute Gasteiger partial charge is 0.322 e. The summed E-state index contributed by atoms with van der Waals surface area (Å²) >= 11 is 0. The molecule has 0 atom stereocenters. The highest BCUT2D eigenvalue weighted by Crippen LogP contribution is 2.19. The number of anilines is 1. The molecular weight excluding hydrogens is 380 g/mol. The zero-order valence-corrected chi connectivity index (χ0v) is 17.3. The van der Waals surface area contributed by atoms with Crippen LogP contribution in [0.25, 0.3) is 0 Å². The van der Waals surface area contributed by atoms with Gasteiger partial charge in [0.15, 0.2) is 0 Å². The van der Waals surface area contributed by atoms with Crippen LogP contribution in [0.2, 0.25) is 0 Å². The molecule has 0 heterocycles. The van der Waals surface area contributed by atoms with Gasteiger partial charge in [0.2, 0.25) is 0 Å². The van der Waals surface area contributed by atoms with Gasteiger partial charge in [-0.2, -0.15) is 0 Å². The van der Waals surface area contributed by atoms with Gasteiger partial charge in [0, 0.05) is 22.4 Å². The van der Waals surface area contributed by atoms with Crippen molar-refractivity contribution in [2.45, 2.75) is 33.1 Å². The van der Waals surface area contributed by atoms with Crippen molar-refractivity contribution in [3.05, 3.63) is 101 Å². The molecule has 2 aromatic carbocycles. The van der Waals surface area contributed by atoms with Gasteiger partial charge in [0.05, 0.1) is 0 Å². The first-order chi connectivity index (χ1) is 14.5. The van der Waals surface area contributed by atoms with Gasteiger partial charge in [0.1, 0.15) is 11.6 Å². The third kappa shape index (κ3) is 6.86. The second-order valence-corrected chi connectivity index (χ2v) is 6.64. The van der Waals surface area contributed by atoms with Crippen molar-refractivity contribution in [3.63, 3.8) is 0 Å². The second-order valence-electron chi connectivity index (χ2n) is 6.64. The number of hydrogen-bond donors (Lipinski definition) is 1. The van der Waals surface area contributed by atoms with Gasteiger partial charge in [-0.05, 0) is 60.9 Å². The Morgan fingerprint density at radius 2 is 1.87 bits per heavy atom. The number of carbonyl (C=O) groups is 1. The Hall–Kier alpha value is -3.45. The van der Waals surface area contributed by atoms with Crippen LogP contribution in [0, 0.1) is 23.5 Å². The molecule has 4 heteroatoms. The summed E-state index contributed by atoms with van der Waals surface area (Å²) in [6, 6.07) is 10.4. The van der Waals surface area contributed by atoms with Crippen LogP contribution < -0.4 is 5.32 Å². The molecule has 30 heavy (non-hydrogen) atoms. The van der Waals surface area contributed by atoms with Gasteiger partial charge < -0.3 is 5.32 Å². The van der Waals surface area contributed by atoms with Crippen LogP contribution in [0.4, 0.5) is 14.5 Å². The van der Waals surface area contributed by atoms with Crippen molar-refractivity contribution >= 4 is 11.6 Å². The van der Waals surface area contributed by atoms with E-state index in [-0.39, 0.29) is 17.5 Å². The topological polar surface area (TPSA) is 29.1 Å². The molecule has 1 N–H and O–H groups in total. The Kier molecular flexibility index (Phi) is 8.77. The molecule has 2 rings (SSSR count). The molecule has 0 aliphatic rings. The fraction of sp³-hybridized carbons (Fsp3) is 0.192. The van der Waals surface area contributed by atoms with Gasteiger partial charge in [-0.15, -0.1) is 0 Å². The molecule has 0 unspecified atom stereocenters. The predicted octanol–water partition coefficient (Wildman–Crippen LogP) is 6.36. The lowest BCUT2D eigenvalue weighted by molar-refractivity contribution is -0.113. The van der Waals surface area contributed by atoms with Crippen molar-refractivity contribution in [1.29, 1.82) is 0 Å². The summed E-state index contributed by atoms with van der Waals surface area (Å²) in [7, 11) is 0. The molecule has 0 fully saturated rings. The molecule has 0 aliphatic heterocycles. The Balaban J connectivity index is 2.25. The number of carbonyl (C=O) groups excluding carboxylic acids is 1. The number of hydrogen-bond acceptors (Lipinski definition) is 1. The summed E-state index contributed by atoms with van der Waals surface area (Å²) < 4.78 is 26.7. The molecule has 0 aliphatic carbocycles. The number of benzene rings is 2. The summed E-state index contributed by atoms with van der Waals surface area (Å²) in [5.41, 5.74) is 3.08. The smallest absolute Gasteiger partial charge is 0.251 e. The fourth-order valence-electron chi connectivity index (χ4n) is 2.78. The lowest BCUT2D eigenvalue weighted by Gasteiger charge is -2.11. The van der Waals surface area contributed by atoms with Gasteiger partial charge >= 0.3 is 0 Å². The number of amides is 1. The van der Waals surface area contributed by atoms with Crippen molar-refractivity contribution in [1.82, 2.24) is 0 Å². The van der Waals surface area contributed by atoms with E-state index in [1.807, 2.05) is 13.8 Å². The van der Waals surface area contributed by atoms with Crippen LogP contribution in [-0.2, 0) is 11.2 Å². The van der Waals surface area contributed by atoms with Gasteiger partial charge in [0.25, 0.3) is 5.91 Å². The molecular formula is C26H25F2NO. The molecule has 0 saturated heterocycles. The van der Waals surface area contributed by atoms with E-state index in [9.17, 15) is 13.6 Å². The standard InChI is InChI=1S/C26H25F2NO/c1-4-8-22(26(30)29-25-16-15-24(28)18-21(25)6-3)14-13-19(5-2)11-12-20-9-7-10-23(27)17-20/h5,7,9-10,13-18H,2,4,6,8H2,1,3H3,(H,29,30). The molecule has 154 valence electrons. The number of halogens is 2. The molecule has 2 aromatic rings. The van der Waals surface area contributed by atoms with Crippen LogP contribution in [0.5, 0.6) is 0 Å². The minimum atomic E-state index is -0.347. The van der Waals surface area contributed by atoms with Crippen molar-refractivity contribution in [2.24, 2.45) is 0 Å². The zero-order valence-electron chi connectivity index (χ0n) is 17.3. The third-order valence-electron chi connectivity index (χ3n) is 4.37. The predicted molar refractivity (Wildman–Crippen MR) is 119 cm³/mol. The highest BCUT2D eigenvalue weighted by atomic mass is 19.1. The first-order valence-electron chi connectivity index (χ1n) is 9.87. The van der Waals surface area contributed by atoms with E-state index in [1.54, 1.807) is 36.4 Å². The fourth-order valence-corrected chi connectivity index (χ4v) is 2.78. The second kappa shape index (κ2) is 11.5. The Bertz CT molecular complexity index is 1040. The quantitative estimate of drug-likeness (QED) is 0.324. The minimum absolute atomic E-state index is 0.240. The average Bonchev–Trinajstić information content (AvgIpc) is 2.74. The summed E-state index contributed by atoms with van der Waals surface area (Å²) in [6.45, 7) is 7.64. The summed E-state index contributed by atoms with van der Waals surface area (Å²) in [4.78, 5) is 12.8. The summed E-state index contributed by atoms with van der Waals surface area (Å²) in [5.74, 6) is 4.90. The summed E-state index contributed by atoms with van der Waals surface area (Å²) in [6.07, 6.45) is 6.98.